The van der Waals surface area contributed by atoms with Crippen molar-refractivity contribution in [2.24, 2.45) is 0 Å². The monoisotopic (exact) mass is 434 g/mol. The molecule has 1 amide bonds. The number of hydrogen-bond donors (Lipinski definition) is 2. The highest BCUT2D eigenvalue weighted by molar-refractivity contribution is 6.30. The fraction of sp³-hybridized carbons (Fsp3) is 0.217. The van der Waals surface area contributed by atoms with Gasteiger partial charge in [-0.1, -0.05) is 29.3 Å². The van der Waals surface area contributed by atoms with Gasteiger partial charge in [-0.25, -0.2) is 14.6 Å². The maximum Gasteiger partial charge on any atom is 0.251 e. The zero-order valence-corrected chi connectivity index (χ0v) is 18.4. The molecule has 0 aliphatic carbocycles. The predicted molar refractivity (Wildman–Crippen MR) is 123 cm³/mol. The molecule has 0 aliphatic heterocycles. The van der Waals surface area contributed by atoms with E-state index in [0.717, 1.165) is 22.3 Å². The molecule has 0 fully saturated rings. The van der Waals surface area contributed by atoms with E-state index in [4.69, 9.17) is 11.6 Å². The quantitative estimate of drug-likeness (QED) is 0.443. The smallest absolute Gasteiger partial charge is 0.251 e. The Bertz CT molecular complexity index is 1250. The fourth-order valence-electron chi connectivity index (χ4n) is 3.43. The van der Waals surface area contributed by atoms with Gasteiger partial charge in [-0.2, -0.15) is 5.10 Å². The van der Waals surface area contributed by atoms with Gasteiger partial charge >= 0.3 is 0 Å². The van der Waals surface area contributed by atoms with Crippen LogP contribution in [0.1, 0.15) is 27.3 Å². The molecule has 0 saturated carbocycles. The summed E-state index contributed by atoms with van der Waals surface area (Å²) in [5, 5.41) is 12.2. The summed E-state index contributed by atoms with van der Waals surface area (Å²) in [7, 11) is 0. The molecule has 2 N–H and O–H groups in total. The lowest BCUT2D eigenvalue weighted by atomic mass is 10.1. The van der Waals surface area contributed by atoms with Crippen molar-refractivity contribution in [3.8, 4) is 5.69 Å². The van der Waals surface area contributed by atoms with Crippen molar-refractivity contribution in [3.05, 3.63) is 76.2 Å². The van der Waals surface area contributed by atoms with Crippen LogP contribution in [0.25, 0.3) is 16.7 Å². The maximum atomic E-state index is 12.2. The Kier molecular flexibility index (Phi) is 5.86. The van der Waals surface area contributed by atoms with E-state index in [1.54, 1.807) is 30.5 Å². The summed E-state index contributed by atoms with van der Waals surface area (Å²) in [6.07, 6.45) is 1.77. The number of carbonyl (C=O) groups excluding carboxylic acids is 1. The molecule has 158 valence electrons. The summed E-state index contributed by atoms with van der Waals surface area (Å²) in [6, 6.07) is 13.0. The molecular weight excluding hydrogens is 412 g/mol. The second-order valence-electron chi connectivity index (χ2n) is 7.39. The molecule has 0 aliphatic rings. The molecule has 2 aromatic carbocycles. The first kappa shape index (κ1) is 20.8. The summed E-state index contributed by atoms with van der Waals surface area (Å²) in [6.45, 7) is 6.94. The first-order chi connectivity index (χ1) is 14.9. The topological polar surface area (TPSA) is 84.7 Å². The van der Waals surface area contributed by atoms with Crippen molar-refractivity contribution in [3.63, 3.8) is 0 Å². The first-order valence-electron chi connectivity index (χ1n) is 10.00. The lowest BCUT2D eigenvalue weighted by Crippen LogP contribution is -2.28. The number of rotatable bonds is 6. The van der Waals surface area contributed by atoms with Crippen LogP contribution in [-0.2, 0) is 0 Å². The summed E-state index contributed by atoms with van der Waals surface area (Å²) in [4.78, 5) is 21.4. The Hall–Kier alpha value is -3.45. The number of nitrogens with one attached hydrogen (secondary N) is 2. The van der Waals surface area contributed by atoms with Gasteiger partial charge in [0.1, 0.15) is 11.6 Å². The standard InChI is InChI=1S/C23H23ClN6O/c1-14-4-9-20(15(2)12-14)30-22-19(13-27-30)21(28-16(3)29-22)25-10-11-26-23(31)17-5-7-18(24)8-6-17/h4-9,12-13H,10-11H2,1-3H3,(H,26,31)(H,25,28,29). The third-order valence-corrected chi connectivity index (χ3v) is 5.18. The Morgan fingerprint density at radius 2 is 1.81 bits per heavy atom. The van der Waals surface area contributed by atoms with Gasteiger partial charge in [0.05, 0.1) is 17.3 Å². The molecule has 4 aromatic rings. The number of amides is 1. The molecule has 0 atom stereocenters. The van der Waals surface area contributed by atoms with Gasteiger partial charge in [-0.05, 0) is 56.7 Å². The predicted octanol–water partition coefficient (Wildman–Crippen LogP) is 4.24. The van der Waals surface area contributed by atoms with Crippen LogP contribution >= 0.6 is 11.6 Å². The molecule has 0 saturated heterocycles. The van der Waals surface area contributed by atoms with E-state index in [0.29, 0.717) is 35.3 Å². The Balaban J connectivity index is 1.49. The van der Waals surface area contributed by atoms with Crippen LogP contribution in [0.3, 0.4) is 0 Å². The molecule has 7 nitrogen and oxygen atoms in total. The van der Waals surface area contributed by atoms with Crippen molar-refractivity contribution in [2.45, 2.75) is 20.8 Å². The summed E-state index contributed by atoms with van der Waals surface area (Å²) in [5.74, 6) is 1.19. The number of hydrogen-bond acceptors (Lipinski definition) is 5. The Labute approximate surface area is 185 Å². The Morgan fingerprint density at radius 1 is 1.03 bits per heavy atom. The number of carbonyl (C=O) groups is 1. The molecule has 0 radical (unpaired) electrons. The van der Waals surface area contributed by atoms with Crippen molar-refractivity contribution >= 4 is 34.4 Å². The van der Waals surface area contributed by atoms with E-state index < -0.39 is 0 Å². The largest absolute Gasteiger partial charge is 0.368 e. The fourth-order valence-corrected chi connectivity index (χ4v) is 3.56. The van der Waals surface area contributed by atoms with Gasteiger partial charge in [-0.3, -0.25) is 4.79 Å². The second-order valence-corrected chi connectivity index (χ2v) is 7.83. The highest BCUT2D eigenvalue weighted by Gasteiger charge is 2.14. The number of aromatic nitrogens is 4. The number of aryl methyl sites for hydroxylation is 3. The average Bonchev–Trinajstić information content (AvgIpc) is 3.15. The second kappa shape index (κ2) is 8.73. The third-order valence-electron chi connectivity index (χ3n) is 4.93. The summed E-state index contributed by atoms with van der Waals surface area (Å²) >= 11 is 5.87. The normalized spacial score (nSPS) is 11.0. The Morgan fingerprint density at radius 3 is 2.55 bits per heavy atom. The van der Waals surface area contributed by atoms with Gasteiger partial charge in [0, 0.05) is 23.7 Å². The minimum Gasteiger partial charge on any atom is -0.368 e. The number of fused-ring (bicyclic) bond motifs is 1. The zero-order valence-electron chi connectivity index (χ0n) is 17.6. The van der Waals surface area contributed by atoms with E-state index >= 15 is 0 Å². The van der Waals surface area contributed by atoms with Gasteiger partial charge in [0.2, 0.25) is 0 Å². The molecule has 0 bridgehead atoms. The average molecular weight is 435 g/mol. The minimum absolute atomic E-state index is 0.148. The van der Waals surface area contributed by atoms with Crippen LogP contribution in [0.15, 0.2) is 48.7 Å². The number of benzene rings is 2. The van der Waals surface area contributed by atoms with Gasteiger partial charge in [0.25, 0.3) is 5.91 Å². The van der Waals surface area contributed by atoms with Crippen molar-refractivity contribution in [1.29, 1.82) is 0 Å². The molecule has 4 rings (SSSR count). The van der Waals surface area contributed by atoms with Crippen molar-refractivity contribution in [2.75, 3.05) is 18.4 Å². The van der Waals surface area contributed by atoms with Crippen LogP contribution in [0.4, 0.5) is 5.82 Å². The molecule has 2 aromatic heterocycles. The SMILES string of the molecule is Cc1ccc(-n2ncc3c(NCCNC(=O)c4ccc(Cl)cc4)nc(C)nc32)c(C)c1. The molecule has 2 heterocycles. The van der Waals surface area contributed by atoms with Gasteiger partial charge < -0.3 is 10.6 Å². The maximum absolute atomic E-state index is 12.2. The lowest BCUT2D eigenvalue weighted by molar-refractivity contribution is 0.0955. The highest BCUT2D eigenvalue weighted by atomic mass is 35.5. The summed E-state index contributed by atoms with van der Waals surface area (Å²) < 4.78 is 1.84. The summed E-state index contributed by atoms with van der Waals surface area (Å²) in [5.41, 5.74) is 4.62. The number of nitrogens with zero attached hydrogens (tertiary/aromatic N) is 4. The van der Waals surface area contributed by atoms with E-state index in [9.17, 15) is 4.79 Å². The van der Waals surface area contributed by atoms with E-state index in [1.807, 2.05) is 17.7 Å². The van der Waals surface area contributed by atoms with Crippen LogP contribution in [0, 0.1) is 20.8 Å². The lowest BCUT2D eigenvalue weighted by Gasteiger charge is -2.11. The van der Waals surface area contributed by atoms with Crippen molar-refractivity contribution in [1.82, 2.24) is 25.1 Å². The van der Waals surface area contributed by atoms with Crippen LogP contribution < -0.4 is 10.6 Å². The van der Waals surface area contributed by atoms with Crippen molar-refractivity contribution < 1.29 is 4.79 Å². The van der Waals surface area contributed by atoms with Gasteiger partial charge in [0.15, 0.2) is 5.65 Å². The number of anilines is 1. The third kappa shape index (κ3) is 4.51. The van der Waals surface area contributed by atoms with E-state index in [1.165, 1.54) is 5.56 Å². The zero-order chi connectivity index (χ0) is 22.0. The first-order valence-corrected chi connectivity index (χ1v) is 10.4. The molecule has 0 spiro atoms. The minimum atomic E-state index is -0.148. The highest BCUT2D eigenvalue weighted by Crippen LogP contribution is 2.24. The van der Waals surface area contributed by atoms with Gasteiger partial charge in [-0.15, -0.1) is 0 Å². The molecule has 0 unspecified atom stereocenters. The van der Waals surface area contributed by atoms with Crippen LogP contribution in [0.5, 0.6) is 0 Å². The number of halogens is 1. The van der Waals surface area contributed by atoms with Crippen LogP contribution in [0.2, 0.25) is 5.02 Å². The van der Waals surface area contributed by atoms with Crippen LogP contribution in [-0.4, -0.2) is 38.7 Å². The van der Waals surface area contributed by atoms with E-state index in [-0.39, 0.29) is 5.91 Å². The molecule has 31 heavy (non-hydrogen) atoms. The molecule has 8 heteroatoms. The molecular formula is C23H23ClN6O. The van der Waals surface area contributed by atoms with E-state index in [2.05, 4.69) is 51.7 Å².